The van der Waals surface area contributed by atoms with E-state index in [1.807, 2.05) is 0 Å². The van der Waals surface area contributed by atoms with E-state index in [-0.39, 0.29) is 25.7 Å². The highest BCUT2D eigenvalue weighted by molar-refractivity contribution is 7.47. The average molecular weight is 1510 g/mol. The van der Waals surface area contributed by atoms with E-state index in [9.17, 15) is 43.2 Å². The normalized spacial score (nSPS) is 14.0. The third-order valence-corrected chi connectivity index (χ3v) is 20.7. The molecule has 0 saturated carbocycles. The van der Waals surface area contributed by atoms with Crippen molar-refractivity contribution in [2.75, 3.05) is 39.6 Å². The number of esters is 4. The van der Waals surface area contributed by atoms with Crippen LogP contribution in [-0.4, -0.2) is 96.7 Å². The zero-order valence-corrected chi connectivity index (χ0v) is 68.8. The van der Waals surface area contributed by atoms with Crippen LogP contribution in [0.5, 0.6) is 0 Å². The number of unbranched alkanes of at least 4 members (excludes halogenated alkanes) is 48. The molecule has 0 saturated heterocycles. The Hall–Kier alpha value is -2.98. The Morgan fingerprint density at radius 3 is 0.731 bits per heavy atom. The Morgan fingerprint density at radius 2 is 0.471 bits per heavy atom. The minimum absolute atomic E-state index is 0.0807. The smallest absolute Gasteiger partial charge is 0.462 e. The molecule has 17 nitrogen and oxygen atoms in total. The van der Waals surface area contributed by atoms with E-state index >= 15 is 0 Å². The predicted molar refractivity (Wildman–Crippen MR) is 427 cm³/mol. The molecule has 0 aliphatic heterocycles. The third kappa shape index (κ3) is 77.2. The van der Waals surface area contributed by atoms with Gasteiger partial charge in [0.1, 0.15) is 19.3 Å². The molecular formula is C85H158O17P2. The van der Waals surface area contributed by atoms with E-state index in [0.29, 0.717) is 25.7 Å². The van der Waals surface area contributed by atoms with Crippen LogP contribution in [0.15, 0.2) is 48.6 Å². The van der Waals surface area contributed by atoms with E-state index in [1.54, 1.807) is 0 Å². The van der Waals surface area contributed by atoms with Crippen molar-refractivity contribution in [1.29, 1.82) is 0 Å². The molecule has 0 heterocycles. The first-order valence-corrected chi connectivity index (χ1v) is 45.9. The Balaban J connectivity index is 5.33. The van der Waals surface area contributed by atoms with Crippen LogP contribution >= 0.6 is 15.6 Å². The van der Waals surface area contributed by atoms with E-state index in [2.05, 4.69) is 76.3 Å². The number of carbonyl (C=O) groups is 4. The van der Waals surface area contributed by atoms with Crippen LogP contribution in [0.2, 0.25) is 0 Å². The summed E-state index contributed by atoms with van der Waals surface area (Å²) in [4.78, 5) is 73.2. The molecule has 0 amide bonds. The summed E-state index contributed by atoms with van der Waals surface area (Å²) in [6, 6.07) is 0. The van der Waals surface area contributed by atoms with Crippen LogP contribution in [-0.2, 0) is 65.4 Å². The maximum absolute atomic E-state index is 13.1. The van der Waals surface area contributed by atoms with Crippen molar-refractivity contribution in [3.8, 4) is 0 Å². The number of phosphoric ester groups is 2. The highest BCUT2D eigenvalue weighted by atomic mass is 31.2. The number of hydrogen-bond donors (Lipinski definition) is 3. The van der Waals surface area contributed by atoms with Crippen molar-refractivity contribution in [3.05, 3.63) is 48.6 Å². The monoisotopic (exact) mass is 1510 g/mol. The number of hydrogen-bond acceptors (Lipinski definition) is 15. The maximum Gasteiger partial charge on any atom is 0.472 e. The average Bonchev–Trinajstić information content (AvgIpc) is 0.926. The van der Waals surface area contributed by atoms with Crippen LogP contribution in [0.25, 0.3) is 0 Å². The van der Waals surface area contributed by atoms with Gasteiger partial charge in [-0.15, -0.1) is 0 Å². The number of ether oxygens (including phenoxy) is 4. The summed E-state index contributed by atoms with van der Waals surface area (Å²) in [5, 5.41) is 10.7. The summed E-state index contributed by atoms with van der Waals surface area (Å²) in [7, 11) is -9.95. The minimum Gasteiger partial charge on any atom is -0.462 e. The first kappa shape index (κ1) is 101. The molecule has 0 fully saturated rings. The lowest BCUT2D eigenvalue weighted by Crippen LogP contribution is -2.30. The molecule has 0 bridgehead atoms. The van der Waals surface area contributed by atoms with Gasteiger partial charge in [-0.2, -0.15) is 0 Å². The molecule has 0 rings (SSSR count). The van der Waals surface area contributed by atoms with Crippen molar-refractivity contribution < 1.29 is 80.2 Å². The molecule has 104 heavy (non-hydrogen) atoms. The lowest BCUT2D eigenvalue weighted by Gasteiger charge is -2.21. The van der Waals surface area contributed by atoms with E-state index < -0.39 is 97.5 Å². The molecule has 0 spiro atoms. The number of aliphatic hydroxyl groups excluding tert-OH is 1. The Kier molecular flexibility index (Phi) is 75.9. The second kappa shape index (κ2) is 78.2. The van der Waals surface area contributed by atoms with Crippen molar-refractivity contribution in [1.82, 2.24) is 0 Å². The van der Waals surface area contributed by atoms with Crippen LogP contribution in [0.1, 0.15) is 413 Å². The highest BCUT2D eigenvalue weighted by Crippen LogP contribution is 2.45. The van der Waals surface area contributed by atoms with Gasteiger partial charge in [-0.1, -0.05) is 346 Å². The van der Waals surface area contributed by atoms with Crippen molar-refractivity contribution in [2.24, 2.45) is 0 Å². The van der Waals surface area contributed by atoms with Gasteiger partial charge in [0, 0.05) is 25.7 Å². The summed E-state index contributed by atoms with van der Waals surface area (Å²) in [6.07, 6.45) is 77.8. The SMILES string of the molecule is CCCCC/C=C\C/C=C\CCCCCCCC(=O)OC[C@H](COP(=O)(O)OC[C@H](O)COP(=O)(O)OC[C@@H](COC(=O)CCCCCCCCCCCCCCCCCCC)OC(=O)CCCCCCCCCCCCCCCCCCC)OC(=O)CCCCCCC/C=C\C/C=C\CCCCC. The summed E-state index contributed by atoms with van der Waals surface area (Å²) in [6.45, 7) is 4.92. The van der Waals surface area contributed by atoms with Gasteiger partial charge in [0.2, 0.25) is 0 Å². The third-order valence-electron chi connectivity index (χ3n) is 18.8. The van der Waals surface area contributed by atoms with E-state index in [4.69, 9.17) is 37.0 Å². The molecular weight excluding hydrogens is 1350 g/mol. The quantitative estimate of drug-likeness (QED) is 0.0169. The first-order valence-electron chi connectivity index (χ1n) is 42.9. The Bertz CT molecular complexity index is 2150. The molecule has 2 unspecified atom stereocenters. The van der Waals surface area contributed by atoms with Gasteiger partial charge in [0.05, 0.1) is 26.4 Å². The largest absolute Gasteiger partial charge is 0.472 e. The Morgan fingerprint density at radius 1 is 0.269 bits per heavy atom. The maximum atomic E-state index is 13.1. The van der Waals surface area contributed by atoms with Crippen LogP contribution in [0, 0.1) is 0 Å². The van der Waals surface area contributed by atoms with Crippen LogP contribution in [0.3, 0.4) is 0 Å². The molecule has 0 radical (unpaired) electrons. The number of phosphoric acid groups is 2. The number of rotatable bonds is 82. The van der Waals surface area contributed by atoms with E-state index in [1.165, 1.54) is 199 Å². The fourth-order valence-electron chi connectivity index (χ4n) is 12.2. The molecule has 610 valence electrons. The molecule has 0 aliphatic carbocycles. The Labute approximate surface area is 636 Å². The van der Waals surface area contributed by atoms with E-state index in [0.717, 1.165) is 135 Å². The predicted octanol–water partition coefficient (Wildman–Crippen LogP) is 25.2. The van der Waals surface area contributed by atoms with Gasteiger partial charge in [-0.25, -0.2) is 9.13 Å². The van der Waals surface area contributed by atoms with Crippen LogP contribution in [0.4, 0.5) is 0 Å². The lowest BCUT2D eigenvalue weighted by atomic mass is 10.0. The highest BCUT2D eigenvalue weighted by Gasteiger charge is 2.30. The van der Waals surface area contributed by atoms with Gasteiger partial charge in [-0.05, 0) is 89.9 Å². The molecule has 0 aliphatic rings. The molecule has 0 aromatic rings. The zero-order chi connectivity index (χ0) is 76.0. The molecule has 5 atom stereocenters. The zero-order valence-electron chi connectivity index (χ0n) is 67.0. The first-order chi connectivity index (χ1) is 50.7. The second-order valence-corrected chi connectivity index (χ2v) is 32.0. The molecule has 19 heteroatoms. The van der Waals surface area contributed by atoms with Crippen LogP contribution < -0.4 is 0 Å². The fraction of sp³-hybridized carbons (Fsp3) is 0.859. The van der Waals surface area contributed by atoms with Crippen molar-refractivity contribution in [2.45, 2.75) is 431 Å². The van der Waals surface area contributed by atoms with Gasteiger partial charge in [-0.3, -0.25) is 37.3 Å². The summed E-state index contributed by atoms with van der Waals surface area (Å²) in [5.41, 5.74) is 0. The van der Waals surface area contributed by atoms with Gasteiger partial charge in [0.25, 0.3) is 0 Å². The minimum atomic E-state index is -4.98. The van der Waals surface area contributed by atoms with Gasteiger partial charge in [0.15, 0.2) is 12.2 Å². The topological polar surface area (TPSA) is 237 Å². The summed E-state index contributed by atoms with van der Waals surface area (Å²) < 4.78 is 68.8. The number of aliphatic hydroxyl groups is 1. The summed E-state index contributed by atoms with van der Waals surface area (Å²) >= 11 is 0. The molecule has 0 aromatic heterocycles. The van der Waals surface area contributed by atoms with Crippen molar-refractivity contribution >= 4 is 39.5 Å². The number of carbonyl (C=O) groups excluding carboxylic acids is 4. The van der Waals surface area contributed by atoms with Crippen molar-refractivity contribution in [3.63, 3.8) is 0 Å². The van der Waals surface area contributed by atoms with Gasteiger partial charge < -0.3 is 33.8 Å². The van der Waals surface area contributed by atoms with Gasteiger partial charge >= 0.3 is 39.5 Å². The summed E-state index contributed by atoms with van der Waals surface area (Å²) in [5.74, 6) is -2.16. The number of allylic oxidation sites excluding steroid dienone is 8. The lowest BCUT2D eigenvalue weighted by molar-refractivity contribution is -0.161. The standard InChI is InChI=1S/C85H158O17P2/c1-5-9-13-17-21-25-29-33-37-39-43-46-50-54-58-62-66-70-83(88)96-76-81(102-85(90)72-68-64-60-56-52-48-44-40-38-34-30-26-22-18-14-10-6-2)78-100-104(93,94)98-74-79(86)73-97-103(91,92)99-77-80(101-84(89)71-67-63-59-55-51-47-42-36-32-28-24-20-16-12-8-4)75-95-82(87)69-65-61-57-53-49-45-41-35-31-27-23-19-15-11-7-3/h23-24,27-28,35-36,41-42,79-81,86H,5-22,25-26,29-34,37-40,43-78H2,1-4H3,(H,91,92)(H,93,94)/b27-23-,28-24-,41-35-,42-36-/t79-,80+,81+/m0/s1. The molecule has 0 aromatic carbocycles. The molecule has 3 N–H and O–H groups in total. The second-order valence-electron chi connectivity index (χ2n) is 29.1. The fourth-order valence-corrected chi connectivity index (χ4v) is 13.8.